The first-order chi connectivity index (χ1) is 14.1. The van der Waals surface area contributed by atoms with E-state index in [0.717, 1.165) is 17.0 Å². The van der Waals surface area contributed by atoms with E-state index in [4.69, 9.17) is 9.47 Å². The van der Waals surface area contributed by atoms with Crippen molar-refractivity contribution in [2.45, 2.75) is 5.16 Å². The summed E-state index contributed by atoms with van der Waals surface area (Å²) in [6, 6.07) is 15.1. The first kappa shape index (κ1) is 20.4. The van der Waals surface area contributed by atoms with Crippen LogP contribution in [0.1, 0.15) is 5.56 Å². The van der Waals surface area contributed by atoms with E-state index in [9.17, 15) is 4.79 Å². The topological polar surface area (TPSA) is 90.6 Å². The van der Waals surface area contributed by atoms with Crippen molar-refractivity contribution >= 4 is 23.9 Å². The highest BCUT2D eigenvalue weighted by Gasteiger charge is 2.12. The Morgan fingerprint density at radius 2 is 1.97 bits per heavy atom. The quantitative estimate of drug-likeness (QED) is 0.348. The number of nitrogens with zero attached hydrogens (tertiary/aromatic N) is 4. The van der Waals surface area contributed by atoms with Gasteiger partial charge in [0.25, 0.3) is 5.91 Å². The molecule has 1 aromatic heterocycles. The van der Waals surface area contributed by atoms with Crippen LogP contribution in [0.2, 0.25) is 0 Å². The molecule has 0 aliphatic rings. The van der Waals surface area contributed by atoms with Gasteiger partial charge in [-0.1, -0.05) is 42.1 Å². The van der Waals surface area contributed by atoms with Crippen LogP contribution in [0.3, 0.4) is 0 Å². The molecule has 9 heteroatoms. The molecule has 0 saturated carbocycles. The molecule has 0 atom stereocenters. The van der Waals surface area contributed by atoms with Gasteiger partial charge in [-0.15, -0.1) is 10.2 Å². The van der Waals surface area contributed by atoms with Crippen molar-refractivity contribution in [3.63, 3.8) is 0 Å². The summed E-state index contributed by atoms with van der Waals surface area (Å²) in [4.78, 5) is 12.1. The third-order valence-electron chi connectivity index (χ3n) is 4.03. The third kappa shape index (κ3) is 5.14. The predicted molar refractivity (Wildman–Crippen MR) is 112 cm³/mol. The van der Waals surface area contributed by atoms with Crippen LogP contribution in [0.25, 0.3) is 11.4 Å². The SMILES string of the molecule is COc1ccc(/C=N\NC(=O)CSc2nnc(-c3ccccc3)n2C)c(OC)c1. The molecule has 150 valence electrons. The lowest BCUT2D eigenvalue weighted by Gasteiger charge is -2.07. The second kappa shape index (κ2) is 9.74. The van der Waals surface area contributed by atoms with Crippen molar-refractivity contribution in [2.75, 3.05) is 20.0 Å². The Morgan fingerprint density at radius 3 is 2.69 bits per heavy atom. The minimum atomic E-state index is -0.247. The number of hydrogen-bond acceptors (Lipinski definition) is 7. The minimum Gasteiger partial charge on any atom is -0.497 e. The van der Waals surface area contributed by atoms with Gasteiger partial charge in [-0.2, -0.15) is 5.10 Å². The van der Waals surface area contributed by atoms with Crippen LogP contribution in [0.15, 0.2) is 58.8 Å². The van der Waals surface area contributed by atoms with Gasteiger partial charge < -0.3 is 14.0 Å². The first-order valence-electron chi connectivity index (χ1n) is 8.74. The Balaban J connectivity index is 1.56. The number of amides is 1. The van der Waals surface area contributed by atoms with Crippen molar-refractivity contribution in [2.24, 2.45) is 12.1 Å². The molecule has 0 aliphatic heterocycles. The largest absolute Gasteiger partial charge is 0.497 e. The van der Waals surface area contributed by atoms with Gasteiger partial charge in [-0.05, 0) is 12.1 Å². The number of nitrogens with one attached hydrogen (secondary N) is 1. The molecule has 2 aromatic carbocycles. The fraction of sp³-hybridized carbons (Fsp3) is 0.200. The molecule has 0 saturated heterocycles. The summed E-state index contributed by atoms with van der Waals surface area (Å²) in [6.07, 6.45) is 1.52. The average Bonchev–Trinajstić information content (AvgIpc) is 3.13. The van der Waals surface area contributed by atoms with E-state index in [2.05, 4.69) is 20.7 Å². The molecular formula is C20H21N5O3S. The summed E-state index contributed by atoms with van der Waals surface area (Å²) in [5.41, 5.74) is 4.20. The zero-order valence-corrected chi connectivity index (χ0v) is 17.1. The van der Waals surface area contributed by atoms with Crippen molar-refractivity contribution < 1.29 is 14.3 Å². The summed E-state index contributed by atoms with van der Waals surface area (Å²) in [5.74, 6) is 1.95. The second-order valence-corrected chi connectivity index (χ2v) is 6.86. The number of benzene rings is 2. The van der Waals surface area contributed by atoms with Crippen LogP contribution in [-0.4, -0.2) is 46.9 Å². The molecule has 0 bridgehead atoms. The first-order valence-corrected chi connectivity index (χ1v) is 9.72. The van der Waals surface area contributed by atoms with Crippen LogP contribution < -0.4 is 14.9 Å². The molecule has 1 N–H and O–H groups in total. The molecule has 0 aliphatic carbocycles. The Morgan fingerprint density at radius 1 is 1.17 bits per heavy atom. The van der Waals surface area contributed by atoms with Gasteiger partial charge in [0.1, 0.15) is 11.5 Å². The number of hydrogen-bond donors (Lipinski definition) is 1. The summed E-state index contributed by atoms with van der Waals surface area (Å²) >= 11 is 1.29. The molecule has 0 unspecified atom stereocenters. The number of aromatic nitrogens is 3. The van der Waals surface area contributed by atoms with Crippen LogP contribution >= 0.6 is 11.8 Å². The van der Waals surface area contributed by atoms with Crippen molar-refractivity contribution in [3.05, 3.63) is 54.1 Å². The van der Waals surface area contributed by atoms with Crippen LogP contribution in [0, 0.1) is 0 Å². The van der Waals surface area contributed by atoms with Gasteiger partial charge in [-0.3, -0.25) is 4.79 Å². The number of ether oxygens (including phenoxy) is 2. The van der Waals surface area contributed by atoms with Gasteiger partial charge in [0, 0.05) is 24.2 Å². The van der Waals surface area contributed by atoms with Gasteiger partial charge in [-0.25, -0.2) is 5.43 Å². The second-order valence-electron chi connectivity index (χ2n) is 5.92. The Labute approximate surface area is 172 Å². The van der Waals surface area contributed by atoms with Gasteiger partial charge in [0.05, 0.1) is 26.2 Å². The highest BCUT2D eigenvalue weighted by molar-refractivity contribution is 7.99. The third-order valence-corrected chi connectivity index (χ3v) is 5.05. The summed E-state index contributed by atoms with van der Waals surface area (Å²) in [6.45, 7) is 0. The lowest BCUT2D eigenvalue weighted by molar-refractivity contribution is -0.118. The maximum absolute atomic E-state index is 12.1. The summed E-state index contributed by atoms with van der Waals surface area (Å²) < 4.78 is 12.3. The monoisotopic (exact) mass is 411 g/mol. The molecule has 0 spiro atoms. The zero-order valence-electron chi connectivity index (χ0n) is 16.3. The Bertz CT molecular complexity index is 1000. The Kier molecular flexibility index (Phi) is 6.85. The summed E-state index contributed by atoms with van der Waals surface area (Å²) in [5, 5.41) is 13.0. The maximum Gasteiger partial charge on any atom is 0.250 e. The number of carbonyl (C=O) groups excluding carboxylic acids is 1. The van der Waals surface area contributed by atoms with E-state index in [1.807, 2.05) is 41.9 Å². The van der Waals surface area contributed by atoms with Crippen molar-refractivity contribution in [1.82, 2.24) is 20.2 Å². The normalized spacial score (nSPS) is 10.9. The molecule has 1 amide bonds. The predicted octanol–water partition coefficient (Wildman–Crippen LogP) is 2.74. The molecule has 29 heavy (non-hydrogen) atoms. The Hall–Kier alpha value is -3.33. The number of methoxy groups -OCH3 is 2. The molecule has 0 fully saturated rings. The molecule has 3 rings (SSSR count). The number of hydrazone groups is 1. The van der Waals surface area contributed by atoms with Gasteiger partial charge >= 0.3 is 0 Å². The van der Waals surface area contributed by atoms with E-state index in [1.165, 1.54) is 18.0 Å². The van der Waals surface area contributed by atoms with Gasteiger partial charge in [0.2, 0.25) is 0 Å². The fourth-order valence-corrected chi connectivity index (χ4v) is 3.24. The fourth-order valence-electron chi connectivity index (χ4n) is 2.54. The lowest BCUT2D eigenvalue weighted by atomic mass is 10.2. The molecule has 1 heterocycles. The van der Waals surface area contributed by atoms with Crippen LogP contribution in [-0.2, 0) is 11.8 Å². The van der Waals surface area contributed by atoms with Crippen LogP contribution in [0.5, 0.6) is 11.5 Å². The van der Waals surface area contributed by atoms with E-state index >= 15 is 0 Å². The maximum atomic E-state index is 12.1. The standard InChI is InChI=1S/C20H21N5O3S/c1-25-19(14-7-5-4-6-8-14)23-24-20(25)29-13-18(26)22-21-12-15-9-10-16(27-2)11-17(15)28-3/h4-12H,13H2,1-3H3,(H,22,26)/b21-12-. The minimum absolute atomic E-state index is 0.165. The highest BCUT2D eigenvalue weighted by atomic mass is 32.2. The number of thioether (sulfide) groups is 1. The van der Waals surface area contributed by atoms with E-state index in [0.29, 0.717) is 16.7 Å². The average molecular weight is 411 g/mol. The van der Waals surface area contributed by atoms with Crippen LogP contribution in [0.4, 0.5) is 0 Å². The molecule has 8 nitrogen and oxygen atoms in total. The molecular weight excluding hydrogens is 390 g/mol. The van der Waals surface area contributed by atoms with Crippen molar-refractivity contribution in [1.29, 1.82) is 0 Å². The number of rotatable bonds is 8. The van der Waals surface area contributed by atoms with E-state index in [1.54, 1.807) is 32.4 Å². The highest BCUT2D eigenvalue weighted by Crippen LogP contribution is 2.23. The number of carbonyl (C=O) groups is 1. The van der Waals surface area contributed by atoms with E-state index < -0.39 is 0 Å². The zero-order chi connectivity index (χ0) is 20.6. The molecule has 3 aromatic rings. The van der Waals surface area contributed by atoms with E-state index in [-0.39, 0.29) is 11.7 Å². The lowest BCUT2D eigenvalue weighted by Crippen LogP contribution is -2.20. The van der Waals surface area contributed by atoms with Gasteiger partial charge in [0.15, 0.2) is 11.0 Å². The molecule has 0 radical (unpaired) electrons. The smallest absolute Gasteiger partial charge is 0.250 e. The van der Waals surface area contributed by atoms with Crippen molar-refractivity contribution in [3.8, 4) is 22.9 Å². The summed E-state index contributed by atoms with van der Waals surface area (Å²) in [7, 11) is 5.02.